The first-order valence-corrected chi connectivity index (χ1v) is 7.87. The average Bonchev–Trinajstić information content (AvgIpc) is 2.48. The highest BCUT2D eigenvalue weighted by Gasteiger charge is 2.19. The van der Waals surface area contributed by atoms with Gasteiger partial charge in [-0.05, 0) is 66.6 Å². The molecule has 1 aromatic carbocycles. The Balaban J connectivity index is 2.20. The lowest BCUT2D eigenvalue weighted by Gasteiger charge is -2.23. The van der Waals surface area contributed by atoms with Gasteiger partial charge in [0.2, 0.25) is 0 Å². The number of hydrogen-bond acceptors (Lipinski definition) is 3. The summed E-state index contributed by atoms with van der Waals surface area (Å²) in [6, 6.07) is 2.37. The molecule has 4 nitrogen and oxygen atoms in total. The molecule has 1 aliphatic carbocycles. The van der Waals surface area contributed by atoms with E-state index in [1.54, 1.807) is 0 Å². The molecule has 1 saturated carbocycles. The van der Waals surface area contributed by atoms with Gasteiger partial charge in [0, 0.05) is 5.71 Å². The summed E-state index contributed by atoms with van der Waals surface area (Å²) in [5.74, 6) is -1.39. The van der Waals surface area contributed by atoms with Crippen molar-refractivity contribution in [1.82, 2.24) is 0 Å². The molecule has 22 heavy (non-hydrogen) atoms. The Morgan fingerprint density at radius 3 is 2.91 bits per heavy atom. The predicted molar refractivity (Wildman–Crippen MR) is 88.9 cm³/mol. The van der Waals surface area contributed by atoms with Crippen LogP contribution in [0.2, 0.25) is 0 Å². The SMILES string of the molecule is C=C(C)[C@H]1CCC/C(=N\Nc2cc(Br)c(F)cc2C(=O)O)C1. The Hall–Kier alpha value is -1.69. The molecule has 2 N–H and O–H groups in total. The zero-order chi connectivity index (χ0) is 16.3. The fraction of sp³-hybridized carbons (Fsp3) is 0.375. The summed E-state index contributed by atoms with van der Waals surface area (Å²) in [6.45, 7) is 6.00. The number of halogens is 2. The van der Waals surface area contributed by atoms with Gasteiger partial charge in [0.1, 0.15) is 5.82 Å². The standard InChI is InChI=1S/C16H18BrFN2O2/c1-9(2)10-4-3-5-11(6-10)19-20-15-8-13(17)14(18)7-12(15)16(21)22/h7-8,10,20H,1,3-6H2,2H3,(H,21,22)/b19-11+/t10-/m0/s1. The number of anilines is 1. The summed E-state index contributed by atoms with van der Waals surface area (Å²) in [4.78, 5) is 11.2. The molecule has 1 aromatic rings. The van der Waals surface area contributed by atoms with Crippen LogP contribution < -0.4 is 5.43 Å². The van der Waals surface area contributed by atoms with Crippen molar-refractivity contribution in [2.24, 2.45) is 11.0 Å². The van der Waals surface area contributed by atoms with Crippen LogP contribution >= 0.6 is 15.9 Å². The molecule has 0 saturated heterocycles. The van der Waals surface area contributed by atoms with E-state index in [2.05, 4.69) is 33.0 Å². The molecule has 0 heterocycles. The number of carbonyl (C=O) groups is 1. The van der Waals surface area contributed by atoms with E-state index in [-0.39, 0.29) is 15.7 Å². The maximum atomic E-state index is 13.5. The third-order valence-corrected chi connectivity index (χ3v) is 4.43. The molecule has 0 unspecified atom stereocenters. The van der Waals surface area contributed by atoms with Crippen molar-refractivity contribution < 1.29 is 14.3 Å². The third-order valence-electron chi connectivity index (χ3n) is 3.82. The minimum Gasteiger partial charge on any atom is -0.478 e. The van der Waals surface area contributed by atoms with Gasteiger partial charge in [-0.25, -0.2) is 9.18 Å². The maximum Gasteiger partial charge on any atom is 0.337 e. The highest BCUT2D eigenvalue weighted by Crippen LogP contribution is 2.28. The van der Waals surface area contributed by atoms with E-state index >= 15 is 0 Å². The lowest BCUT2D eigenvalue weighted by atomic mass is 9.84. The molecule has 1 aliphatic rings. The Labute approximate surface area is 137 Å². The second kappa shape index (κ2) is 7.05. The van der Waals surface area contributed by atoms with Crippen molar-refractivity contribution in [1.29, 1.82) is 0 Å². The molecule has 0 radical (unpaired) electrons. The van der Waals surface area contributed by atoms with Gasteiger partial charge in [0.05, 0.1) is 15.7 Å². The quantitative estimate of drug-likeness (QED) is 0.591. The zero-order valence-corrected chi connectivity index (χ0v) is 13.9. The van der Waals surface area contributed by atoms with Crippen LogP contribution in [0.15, 0.2) is 33.9 Å². The van der Waals surface area contributed by atoms with E-state index < -0.39 is 11.8 Å². The lowest BCUT2D eigenvalue weighted by molar-refractivity contribution is 0.0697. The second-order valence-electron chi connectivity index (χ2n) is 5.55. The van der Waals surface area contributed by atoms with Crippen molar-refractivity contribution in [2.45, 2.75) is 32.6 Å². The summed E-state index contributed by atoms with van der Waals surface area (Å²) < 4.78 is 13.7. The van der Waals surface area contributed by atoms with Gasteiger partial charge in [0.25, 0.3) is 0 Å². The lowest BCUT2D eigenvalue weighted by Crippen LogP contribution is -2.17. The molecule has 0 spiro atoms. The predicted octanol–water partition coefficient (Wildman–Crippen LogP) is 4.82. The van der Waals surface area contributed by atoms with E-state index in [1.165, 1.54) is 6.07 Å². The summed E-state index contributed by atoms with van der Waals surface area (Å²) in [5, 5.41) is 13.5. The molecule has 118 valence electrons. The van der Waals surface area contributed by atoms with Crippen LogP contribution in [0.4, 0.5) is 10.1 Å². The third kappa shape index (κ3) is 3.94. The smallest absolute Gasteiger partial charge is 0.337 e. The molecule has 2 rings (SSSR count). The molecule has 1 atom stereocenters. The number of hydrazone groups is 1. The van der Waals surface area contributed by atoms with Crippen molar-refractivity contribution in [3.8, 4) is 0 Å². The van der Waals surface area contributed by atoms with Gasteiger partial charge in [0.15, 0.2) is 0 Å². The van der Waals surface area contributed by atoms with E-state index in [0.29, 0.717) is 5.92 Å². The number of rotatable bonds is 4. The van der Waals surface area contributed by atoms with Crippen LogP contribution in [-0.2, 0) is 0 Å². The Bertz CT molecular complexity index is 643. The van der Waals surface area contributed by atoms with Gasteiger partial charge >= 0.3 is 5.97 Å². The van der Waals surface area contributed by atoms with Crippen molar-refractivity contribution in [3.63, 3.8) is 0 Å². The van der Waals surface area contributed by atoms with Gasteiger partial charge < -0.3 is 5.11 Å². The topological polar surface area (TPSA) is 61.7 Å². The minimum atomic E-state index is -1.20. The van der Waals surface area contributed by atoms with Crippen LogP contribution in [0.5, 0.6) is 0 Å². The molecule has 0 amide bonds. The first kappa shape index (κ1) is 16.7. The summed E-state index contributed by atoms with van der Waals surface area (Å²) in [7, 11) is 0. The molecular formula is C16H18BrFN2O2. The molecule has 1 fully saturated rings. The van der Waals surface area contributed by atoms with E-state index in [9.17, 15) is 9.18 Å². The number of allylic oxidation sites excluding steroid dienone is 1. The monoisotopic (exact) mass is 368 g/mol. The van der Waals surface area contributed by atoms with Crippen LogP contribution in [0.25, 0.3) is 0 Å². The number of nitrogens with one attached hydrogen (secondary N) is 1. The number of carboxylic acid groups (broad SMARTS) is 1. The number of benzene rings is 1. The average molecular weight is 369 g/mol. The van der Waals surface area contributed by atoms with Crippen molar-refractivity contribution >= 4 is 33.3 Å². The normalized spacial score (nSPS) is 20.0. The van der Waals surface area contributed by atoms with Crippen LogP contribution in [0.1, 0.15) is 43.0 Å². The molecule has 0 aliphatic heterocycles. The number of aromatic carboxylic acids is 1. The number of carboxylic acids is 1. The molecule has 0 aromatic heterocycles. The minimum absolute atomic E-state index is 0.141. The maximum absolute atomic E-state index is 13.5. The van der Waals surface area contributed by atoms with Crippen molar-refractivity contribution in [3.05, 3.63) is 40.1 Å². The van der Waals surface area contributed by atoms with Gasteiger partial charge in [-0.2, -0.15) is 5.10 Å². The van der Waals surface area contributed by atoms with E-state index in [1.807, 2.05) is 6.92 Å². The molecule has 6 heteroatoms. The molecule has 0 bridgehead atoms. The van der Waals surface area contributed by atoms with Gasteiger partial charge in [-0.3, -0.25) is 5.43 Å². The largest absolute Gasteiger partial charge is 0.478 e. The Morgan fingerprint density at radius 2 is 2.27 bits per heavy atom. The zero-order valence-electron chi connectivity index (χ0n) is 12.3. The van der Waals surface area contributed by atoms with Crippen LogP contribution in [0, 0.1) is 11.7 Å². The van der Waals surface area contributed by atoms with Gasteiger partial charge in [-0.15, -0.1) is 0 Å². The van der Waals surface area contributed by atoms with Crippen LogP contribution in [-0.4, -0.2) is 16.8 Å². The summed E-state index contributed by atoms with van der Waals surface area (Å²) >= 11 is 3.06. The van der Waals surface area contributed by atoms with Crippen molar-refractivity contribution in [2.75, 3.05) is 5.43 Å². The first-order valence-electron chi connectivity index (χ1n) is 7.07. The fourth-order valence-corrected chi connectivity index (χ4v) is 2.86. The van der Waals surface area contributed by atoms with E-state index in [4.69, 9.17) is 5.11 Å². The van der Waals surface area contributed by atoms with Crippen LogP contribution in [0.3, 0.4) is 0 Å². The summed E-state index contributed by atoms with van der Waals surface area (Å²) in [6.07, 6.45) is 3.85. The fourth-order valence-electron chi connectivity index (χ4n) is 2.52. The Morgan fingerprint density at radius 1 is 1.55 bits per heavy atom. The highest BCUT2D eigenvalue weighted by molar-refractivity contribution is 9.10. The Kier molecular flexibility index (Phi) is 5.34. The summed E-state index contributed by atoms with van der Waals surface area (Å²) in [5.41, 5.74) is 5.02. The highest BCUT2D eigenvalue weighted by atomic mass is 79.9. The number of hydrogen-bond donors (Lipinski definition) is 2. The van der Waals surface area contributed by atoms with E-state index in [0.717, 1.165) is 43.0 Å². The first-order chi connectivity index (χ1) is 10.4. The number of nitrogens with zero attached hydrogens (tertiary/aromatic N) is 1. The van der Waals surface area contributed by atoms with Gasteiger partial charge in [-0.1, -0.05) is 12.2 Å². The molecular weight excluding hydrogens is 351 g/mol. The second-order valence-corrected chi connectivity index (χ2v) is 6.40.